The Labute approximate surface area is 175 Å². The van der Waals surface area contributed by atoms with Crippen LogP contribution in [0.3, 0.4) is 0 Å². The van der Waals surface area contributed by atoms with Gasteiger partial charge < -0.3 is 10.1 Å². The van der Waals surface area contributed by atoms with Gasteiger partial charge in [0.2, 0.25) is 0 Å². The number of halogens is 2. The van der Waals surface area contributed by atoms with E-state index >= 15 is 0 Å². The number of benzene rings is 2. The van der Waals surface area contributed by atoms with Crippen molar-refractivity contribution in [3.05, 3.63) is 63.1 Å². The Morgan fingerprint density at radius 3 is 2.52 bits per heavy atom. The second-order valence-electron chi connectivity index (χ2n) is 6.33. The van der Waals surface area contributed by atoms with Crippen LogP contribution in [-0.4, -0.2) is 24.3 Å². The molecule has 0 spiro atoms. The standard InChI is InChI=1S/C21H25Cl2NO2S/c1-4-19(26-20-9-8-14(2)12-15(20)3)21(25)24-10-11-27-13-16-17(22)6-5-7-18(16)23/h5-9,12,19H,4,10-11,13H2,1-3H3,(H,24,25)/t19-/m0/s1. The maximum Gasteiger partial charge on any atom is 0.261 e. The van der Waals surface area contributed by atoms with Gasteiger partial charge in [-0.2, -0.15) is 11.8 Å². The van der Waals surface area contributed by atoms with Crippen LogP contribution in [0.2, 0.25) is 10.0 Å². The molecule has 0 aliphatic rings. The quantitative estimate of drug-likeness (QED) is 0.514. The molecular weight excluding hydrogens is 401 g/mol. The first-order valence-corrected chi connectivity index (χ1v) is 10.9. The van der Waals surface area contributed by atoms with Crippen molar-refractivity contribution in [2.75, 3.05) is 12.3 Å². The fourth-order valence-corrected chi connectivity index (χ4v) is 4.21. The maximum absolute atomic E-state index is 12.4. The lowest BCUT2D eigenvalue weighted by Gasteiger charge is -2.19. The molecule has 2 aromatic carbocycles. The van der Waals surface area contributed by atoms with E-state index in [1.54, 1.807) is 11.8 Å². The monoisotopic (exact) mass is 425 g/mol. The summed E-state index contributed by atoms with van der Waals surface area (Å²) in [5.74, 6) is 2.15. The van der Waals surface area contributed by atoms with E-state index in [1.165, 1.54) is 5.56 Å². The molecule has 27 heavy (non-hydrogen) atoms. The molecule has 0 heterocycles. The van der Waals surface area contributed by atoms with Crippen LogP contribution in [0.15, 0.2) is 36.4 Å². The van der Waals surface area contributed by atoms with Gasteiger partial charge in [0.25, 0.3) is 5.91 Å². The van der Waals surface area contributed by atoms with Crippen molar-refractivity contribution in [1.29, 1.82) is 0 Å². The first kappa shape index (κ1) is 21.9. The third-order valence-corrected chi connectivity index (χ3v) is 5.81. The minimum atomic E-state index is -0.491. The Morgan fingerprint density at radius 1 is 1.19 bits per heavy atom. The van der Waals surface area contributed by atoms with Gasteiger partial charge in [0.15, 0.2) is 6.10 Å². The van der Waals surface area contributed by atoms with Gasteiger partial charge in [-0.25, -0.2) is 0 Å². The third kappa shape index (κ3) is 6.63. The third-order valence-electron chi connectivity index (χ3n) is 4.12. The average molecular weight is 426 g/mol. The molecule has 0 saturated heterocycles. The van der Waals surface area contributed by atoms with E-state index < -0.39 is 6.10 Å². The molecule has 0 unspecified atom stereocenters. The van der Waals surface area contributed by atoms with E-state index in [4.69, 9.17) is 27.9 Å². The highest BCUT2D eigenvalue weighted by atomic mass is 35.5. The van der Waals surface area contributed by atoms with Crippen molar-refractivity contribution >= 4 is 40.9 Å². The van der Waals surface area contributed by atoms with Gasteiger partial charge in [-0.05, 0) is 49.6 Å². The Hall–Kier alpha value is -1.36. The van der Waals surface area contributed by atoms with Crippen LogP contribution in [0.5, 0.6) is 5.75 Å². The molecule has 146 valence electrons. The number of hydrogen-bond acceptors (Lipinski definition) is 3. The minimum absolute atomic E-state index is 0.0890. The Bertz CT molecular complexity index is 763. The predicted molar refractivity (Wildman–Crippen MR) is 116 cm³/mol. The van der Waals surface area contributed by atoms with E-state index in [-0.39, 0.29) is 5.91 Å². The molecule has 0 aliphatic heterocycles. The number of ether oxygens (including phenoxy) is 1. The number of thioether (sulfide) groups is 1. The topological polar surface area (TPSA) is 38.3 Å². The molecule has 1 N–H and O–H groups in total. The Balaban J connectivity index is 1.78. The molecule has 0 aromatic heterocycles. The lowest BCUT2D eigenvalue weighted by Crippen LogP contribution is -2.39. The number of rotatable bonds is 9. The zero-order valence-electron chi connectivity index (χ0n) is 15.9. The number of hydrogen-bond donors (Lipinski definition) is 1. The summed E-state index contributed by atoms with van der Waals surface area (Å²) in [6.45, 7) is 6.54. The summed E-state index contributed by atoms with van der Waals surface area (Å²) in [7, 11) is 0. The Kier molecular flexibility index (Phi) is 8.81. The lowest BCUT2D eigenvalue weighted by molar-refractivity contribution is -0.128. The average Bonchev–Trinajstić information content (AvgIpc) is 2.62. The SMILES string of the molecule is CC[C@H](Oc1ccc(C)cc1C)C(=O)NCCSCc1c(Cl)cccc1Cl. The molecule has 6 heteroatoms. The van der Waals surface area contributed by atoms with Crippen LogP contribution in [0.1, 0.15) is 30.0 Å². The van der Waals surface area contributed by atoms with Gasteiger partial charge in [-0.1, -0.05) is 53.9 Å². The van der Waals surface area contributed by atoms with Crippen LogP contribution in [0.25, 0.3) is 0 Å². The number of aryl methyl sites for hydroxylation is 2. The number of nitrogens with one attached hydrogen (secondary N) is 1. The first-order chi connectivity index (χ1) is 12.9. The second-order valence-corrected chi connectivity index (χ2v) is 8.25. The van der Waals surface area contributed by atoms with Crippen LogP contribution in [0, 0.1) is 13.8 Å². The van der Waals surface area contributed by atoms with Crippen molar-refractivity contribution in [2.45, 2.75) is 39.0 Å². The summed E-state index contributed by atoms with van der Waals surface area (Å²) in [5, 5.41) is 4.30. The highest BCUT2D eigenvalue weighted by Crippen LogP contribution is 2.28. The van der Waals surface area contributed by atoms with Gasteiger partial charge in [0.1, 0.15) is 5.75 Å². The summed E-state index contributed by atoms with van der Waals surface area (Å²) < 4.78 is 5.92. The predicted octanol–water partition coefficient (Wildman–Crippen LogP) is 5.82. The van der Waals surface area contributed by atoms with Crippen molar-refractivity contribution < 1.29 is 9.53 Å². The molecular formula is C21H25Cl2NO2S. The normalized spacial score (nSPS) is 11.9. The van der Waals surface area contributed by atoms with Crippen LogP contribution in [0.4, 0.5) is 0 Å². The highest BCUT2D eigenvalue weighted by Gasteiger charge is 2.18. The highest BCUT2D eigenvalue weighted by molar-refractivity contribution is 7.98. The molecule has 0 saturated carbocycles. The fourth-order valence-electron chi connectivity index (χ4n) is 2.61. The summed E-state index contributed by atoms with van der Waals surface area (Å²) in [6.07, 6.45) is 0.121. The summed E-state index contributed by atoms with van der Waals surface area (Å²) in [4.78, 5) is 12.4. The lowest BCUT2D eigenvalue weighted by atomic mass is 10.1. The molecule has 3 nitrogen and oxygen atoms in total. The molecule has 2 aromatic rings. The second kappa shape index (κ2) is 10.8. The molecule has 0 aliphatic carbocycles. The van der Waals surface area contributed by atoms with Crippen LogP contribution >= 0.6 is 35.0 Å². The van der Waals surface area contributed by atoms with Crippen molar-refractivity contribution in [1.82, 2.24) is 5.32 Å². The molecule has 1 amide bonds. The van der Waals surface area contributed by atoms with Gasteiger partial charge in [-0.15, -0.1) is 0 Å². The van der Waals surface area contributed by atoms with Crippen LogP contribution < -0.4 is 10.1 Å². The van der Waals surface area contributed by atoms with Gasteiger partial charge in [0, 0.05) is 28.1 Å². The maximum atomic E-state index is 12.4. The number of carbonyl (C=O) groups is 1. The molecule has 0 bridgehead atoms. The smallest absolute Gasteiger partial charge is 0.261 e. The van der Waals surface area contributed by atoms with Gasteiger partial charge in [0.05, 0.1) is 0 Å². The molecule has 2 rings (SSSR count). The minimum Gasteiger partial charge on any atom is -0.480 e. The van der Waals surface area contributed by atoms with E-state index in [2.05, 4.69) is 11.4 Å². The van der Waals surface area contributed by atoms with Crippen LogP contribution in [-0.2, 0) is 10.5 Å². The zero-order valence-corrected chi connectivity index (χ0v) is 18.2. The fraction of sp³-hybridized carbons (Fsp3) is 0.381. The summed E-state index contributed by atoms with van der Waals surface area (Å²) in [5.41, 5.74) is 3.14. The number of carbonyl (C=O) groups excluding carboxylic acids is 1. The molecule has 0 fully saturated rings. The van der Waals surface area contributed by atoms with E-state index in [1.807, 2.05) is 51.1 Å². The summed E-state index contributed by atoms with van der Waals surface area (Å²) in [6, 6.07) is 11.5. The number of amides is 1. The van der Waals surface area contributed by atoms with Crippen molar-refractivity contribution in [3.63, 3.8) is 0 Å². The first-order valence-electron chi connectivity index (χ1n) is 8.94. The van der Waals surface area contributed by atoms with Gasteiger partial charge in [-0.3, -0.25) is 4.79 Å². The van der Waals surface area contributed by atoms with Crippen molar-refractivity contribution in [2.24, 2.45) is 0 Å². The van der Waals surface area contributed by atoms with E-state index in [9.17, 15) is 4.79 Å². The van der Waals surface area contributed by atoms with E-state index in [0.29, 0.717) is 28.8 Å². The van der Waals surface area contributed by atoms with Gasteiger partial charge >= 0.3 is 0 Å². The molecule has 0 radical (unpaired) electrons. The largest absolute Gasteiger partial charge is 0.480 e. The summed E-state index contributed by atoms with van der Waals surface area (Å²) >= 11 is 14.0. The van der Waals surface area contributed by atoms with Crippen molar-refractivity contribution in [3.8, 4) is 5.75 Å². The Morgan fingerprint density at radius 2 is 1.89 bits per heavy atom. The molecule has 1 atom stereocenters. The van der Waals surface area contributed by atoms with E-state index in [0.717, 1.165) is 22.6 Å². The zero-order chi connectivity index (χ0) is 19.8.